The number of rotatable bonds is 5. The van der Waals surface area contributed by atoms with Crippen LogP contribution in [0.3, 0.4) is 0 Å². The normalized spacial score (nSPS) is 11.5. The first-order valence-electron chi connectivity index (χ1n) is 16.8. The Balaban J connectivity index is 1.33. The van der Waals surface area contributed by atoms with Crippen LogP contribution in [-0.2, 0) is 0 Å². The van der Waals surface area contributed by atoms with Crippen molar-refractivity contribution >= 4 is 32.3 Å². The molecule has 0 aliphatic carbocycles. The van der Waals surface area contributed by atoms with Gasteiger partial charge in [0.15, 0.2) is 40.7 Å². The summed E-state index contributed by atoms with van der Waals surface area (Å²) in [6.45, 7) is 0. The molecule has 1 aromatic heterocycles. The van der Waals surface area contributed by atoms with Crippen LogP contribution in [0.25, 0.3) is 88.7 Å². The fourth-order valence-electron chi connectivity index (χ4n) is 7.17. The number of nitrogens with zero attached hydrogens (tertiary/aromatic N) is 3. The van der Waals surface area contributed by atoms with Gasteiger partial charge in [-0.2, -0.15) is 0 Å². The van der Waals surface area contributed by atoms with E-state index in [9.17, 15) is 13.2 Å². The highest BCUT2D eigenvalue weighted by atomic mass is 19.2. The summed E-state index contributed by atoms with van der Waals surface area (Å²) in [7, 11) is 0. The third-order valence-corrected chi connectivity index (χ3v) is 9.53. The molecule has 0 saturated carbocycles. The molecule has 0 bridgehead atoms. The molecule has 0 saturated heterocycles. The Morgan fingerprint density at radius 1 is 0.264 bits per heavy atom. The van der Waals surface area contributed by atoms with E-state index in [-0.39, 0.29) is 11.6 Å². The van der Waals surface area contributed by atoms with Gasteiger partial charge in [-0.05, 0) is 60.6 Å². The van der Waals surface area contributed by atoms with E-state index in [1.807, 2.05) is 78.9 Å². The zero-order valence-electron chi connectivity index (χ0n) is 27.6. The molecule has 254 valence electrons. The fourth-order valence-corrected chi connectivity index (χ4v) is 7.17. The Morgan fingerprint density at radius 2 is 0.642 bits per heavy atom. The van der Waals surface area contributed by atoms with E-state index in [1.54, 1.807) is 30.3 Å². The fraction of sp³-hybridized carbons (Fsp3) is 0. The molecule has 9 rings (SSSR count). The van der Waals surface area contributed by atoms with Gasteiger partial charge in [0.05, 0.1) is 5.56 Å². The third kappa shape index (κ3) is 5.21. The maximum atomic E-state index is 15.2. The second-order valence-corrected chi connectivity index (χ2v) is 12.5. The molecule has 8 heteroatoms. The number of hydrogen-bond acceptors (Lipinski definition) is 3. The summed E-state index contributed by atoms with van der Waals surface area (Å²) in [5.74, 6) is -11.2. The summed E-state index contributed by atoms with van der Waals surface area (Å²) >= 11 is 0. The van der Waals surface area contributed by atoms with E-state index in [0.29, 0.717) is 16.5 Å². The zero-order valence-corrected chi connectivity index (χ0v) is 27.6. The lowest BCUT2D eigenvalue weighted by Crippen LogP contribution is -2.08. The quantitative estimate of drug-likeness (QED) is 0.0776. The van der Waals surface area contributed by atoms with Crippen LogP contribution in [0.1, 0.15) is 0 Å². The molecule has 3 nitrogen and oxygen atoms in total. The topological polar surface area (TPSA) is 38.7 Å². The minimum atomic E-state index is -2.26. The number of halogens is 5. The molecule has 0 aliphatic heterocycles. The van der Waals surface area contributed by atoms with Gasteiger partial charge < -0.3 is 0 Å². The monoisotopic (exact) mass is 701 g/mol. The smallest absolute Gasteiger partial charge is 0.200 e. The van der Waals surface area contributed by atoms with Gasteiger partial charge in [0, 0.05) is 11.1 Å². The summed E-state index contributed by atoms with van der Waals surface area (Å²) in [4.78, 5) is 13.3. The number of hydrogen-bond donors (Lipinski definition) is 0. The van der Waals surface area contributed by atoms with E-state index < -0.39 is 40.5 Å². The largest absolute Gasteiger partial charge is 0.208 e. The Hall–Kier alpha value is -6.80. The van der Waals surface area contributed by atoms with Crippen LogP contribution < -0.4 is 0 Å². The van der Waals surface area contributed by atoms with Crippen molar-refractivity contribution in [3.05, 3.63) is 175 Å². The summed E-state index contributed by atoms with van der Waals surface area (Å²) in [6.07, 6.45) is 0. The second-order valence-electron chi connectivity index (χ2n) is 12.5. The molecular formula is C45H24F5N3. The molecule has 0 aliphatic rings. The molecule has 0 radical (unpaired) electrons. The van der Waals surface area contributed by atoms with Crippen molar-refractivity contribution in [1.29, 1.82) is 0 Å². The van der Waals surface area contributed by atoms with Crippen LogP contribution in [0.4, 0.5) is 22.0 Å². The molecule has 0 unspecified atom stereocenters. The summed E-state index contributed by atoms with van der Waals surface area (Å²) in [6, 6.07) is 46.8. The highest BCUT2D eigenvalue weighted by molar-refractivity contribution is 6.24. The van der Waals surface area contributed by atoms with E-state index >= 15 is 8.78 Å². The maximum Gasteiger partial charge on any atom is 0.200 e. The molecule has 8 aromatic carbocycles. The number of aromatic nitrogens is 3. The molecule has 0 atom stereocenters. The lowest BCUT2D eigenvalue weighted by Gasteiger charge is -2.19. The van der Waals surface area contributed by atoms with Crippen molar-refractivity contribution in [2.45, 2.75) is 0 Å². The van der Waals surface area contributed by atoms with Crippen LogP contribution >= 0.6 is 0 Å². The number of benzene rings is 8. The SMILES string of the molecule is Fc1c(F)c(F)c(-c2nc(-c3ccccc3)nc(-c3ccc(-c4c5ccccc5c(-c5ccccc5)c5ccccc45)c4ccccc34)n2)c(F)c1F. The highest BCUT2D eigenvalue weighted by Crippen LogP contribution is 2.46. The van der Waals surface area contributed by atoms with Gasteiger partial charge in [-0.25, -0.2) is 36.9 Å². The molecule has 9 aromatic rings. The predicted molar refractivity (Wildman–Crippen MR) is 199 cm³/mol. The third-order valence-electron chi connectivity index (χ3n) is 9.53. The van der Waals surface area contributed by atoms with E-state index in [4.69, 9.17) is 4.98 Å². The van der Waals surface area contributed by atoms with E-state index in [2.05, 4.69) is 46.4 Å². The van der Waals surface area contributed by atoms with Crippen molar-refractivity contribution in [3.63, 3.8) is 0 Å². The van der Waals surface area contributed by atoms with Gasteiger partial charge in [-0.3, -0.25) is 0 Å². The first kappa shape index (κ1) is 32.1. The summed E-state index contributed by atoms with van der Waals surface area (Å²) in [5, 5.41) is 5.80. The minimum Gasteiger partial charge on any atom is -0.208 e. The first-order chi connectivity index (χ1) is 25.9. The Bertz CT molecular complexity index is 2810. The van der Waals surface area contributed by atoms with E-state index in [1.165, 1.54) is 0 Å². The van der Waals surface area contributed by atoms with Gasteiger partial charge in [0.1, 0.15) is 0 Å². The Kier molecular flexibility index (Phi) is 7.73. The van der Waals surface area contributed by atoms with Crippen molar-refractivity contribution in [3.8, 4) is 56.4 Å². The molecule has 0 fully saturated rings. The first-order valence-corrected chi connectivity index (χ1v) is 16.8. The summed E-state index contributed by atoms with van der Waals surface area (Å²) in [5.41, 5.74) is 3.86. The van der Waals surface area contributed by atoms with Crippen molar-refractivity contribution in [1.82, 2.24) is 15.0 Å². The van der Waals surface area contributed by atoms with Gasteiger partial charge >= 0.3 is 0 Å². The van der Waals surface area contributed by atoms with Crippen LogP contribution in [0.15, 0.2) is 146 Å². The molecule has 53 heavy (non-hydrogen) atoms. The van der Waals surface area contributed by atoms with Gasteiger partial charge in [-0.15, -0.1) is 0 Å². The van der Waals surface area contributed by atoms with Crippen molar-refractivity contribution in [2.24, 2.45) is 0 Å². The average Bonchev–Trinajstić information content (AvgIpc) is 3.21. The van der Waals surface area contributed by atoms with Gasteiger partial charge in [0.25, 0.3) is 0 Å². The minimum absolute atomic E-state index is 0.00353. The van der Waals surface area contributed by atoms with Crippen molar-refractivity contribution < 1.29 is 22.0 Å². The number of fused-ring (bicyclic) bond motifs is 3. The lowest BCUT2D eigenvalue weighted by atomic mass is 9.84. The van der Waals surface area contributed by atoms with Crippen LogP contribution in [0.5, 0.6) is 0 Å². The lowest BCUT2D eigenvalue weighted by molar-refractivity contribution is 0.381. The molecule has 0 N–H and O–H groups in total. The Morgan fingerprint density at radius 3 is 1.19 bits per heavy atom. The molecule has 1 heterocycles. The molecular weight excluding hydrogens is 678 g/mol. The molecule has 0 amide bonds. The van der Waals surface area contributed by atoms with Crippen LogP contribution in [0, 0.1) is 29.1 Å². The van der Waals surface area contributed by atoms with E-state index in [0.717, 1.165) is 49.2 Å². The average molecular weight is 702 g/mol. The van der Waals surface area contributed by atoms with Gasteiger partial charge in [-0.1, -0.05) is 140 Å². The van der Waals surface area contributed by atoms with Gasteiger partial charge in [0.2, 0.25) is 5.82 Å². The highest BCUT2D eigenvalue weighted by Gasteiger charge is 2.29. The zero-order chi connectivity index (χ0) is 36.2. The van der Waals surface area contributed by atoms with Crippen molar-refractivity contribution in [2.75, 3.05) is 0 Å². The molecule has 0 spiro atoms. The predicted octanol–water partition coefficient (Wildman–Crippen LogP) is 12.4. The van der Waals surface area contributed by atoms with Crippen LogP contribution in [0.2, 0.25) is 0 Å². The second kappa shape index (κ2) is 12.8. The standard InChI is InChI=1S/C45H24F5N3/c46-38-37(39(47)41(49)42(50)40(38)48)45-52-43(26-15-5-2-6-16-26)51-44(53-45)34-24-23-33(27-17-7-8-18-28(27)34)36-31-21-11-9-19-29(31)35(25-13-3-1-4-14-25)30-20-10-12-22-32(30)36/h1-24H. The van der Waals surface area contributed by atoms with Crippen LogP contribution in [-0.4, -0.2) is 15.0 Å². The Labute approximate surface area is 299 Å². The maximum absolute atomic E-state index is 15.2. The summed E-state index contributed by atoms with van der Waals surface area (Å²) < 4.78 is 73.4.